The van der Waals surface area contributed by atoms with Crippen molar-refractivity contribution in [2.45, 2.75) is 13.8 Å². The van der Waals surface area contributed by atoms with E-state index in [1.165, 1.54) is 0 Å². The fourth-order valence-electron chi connectivity index (χ4n) is 2.09. The Morgan fingerprint density at radius 1 is 1.05 bits per heavy atom. The van der Waals surface area contributed by atoms with Gasteiger partial charge in [-0.25, -0.2) is 0 Å². The normalized spacial score (nSPS) is 10.2. The molecule has 0 aliphatic rings. The summed E-state index contributed by atoms with van der Waals surface area (Å²) in [5, 5.41) is 2.96. The van der Waals surface area contributed by atoms with Crippen LogP contribution in [0.25, 0.3) is 0 Å². The topological polar surface area (TPSA) is 47.6 Å². The zero-order chi connectivity index (χ0) is 16.3. The smallest absolute Gasteiger partial charge is 0.256 e. The third-order valence-corrected chi connectivity index (χ3v) is 4.25. The fraction of sp³-hybridized carbons (Fsp3) is 0.235. The number of benzene rings is 2. The van der Waals surface area contributed by atoms with Crippen LogP contribution in [0.4, 0.5) is 5.69 Å². The first-order valence-corrected chi connectivity index (χ1v) is 7.84. The van der Waals surface area contributed by atoms with E-state index in [4.69, 9.17) is 9.47 Å². The van der Waals surface area contributed by atoms with Gasteiger partial charge in [-0.3, -0.25) is 4.79 Å². The van der Waals surface area contributed by atoms with Crippen molar-refractivity contribution in [2.24, 2.45) is 0 Å². The standard InChI is InChI=1S/C17H18INO3/c1-10-5-6-11(2)14(7-10)19-17(20)12-8-15(21-3)16(22-4)9-13(12)18/h5-9H,1-4H3,(H,19,20). The zero-order valence-corrected chi connectivity index (χ0v) is 15.1. The van der Waals surface area contributed by atoms with Gasteiger partial charge in [0, 0.05) is 9.26 Å². The number of methoxy groups -OCH3 is 2. The van der Waals surface area contributed by atoms with Gasteiger partial charge in [0.2, 0.25) is 0 Å². The van der Waals surface area contributed by atoms with E-state index in [2.05, 4.69) is 27.9 Å². The maximum atomic E-state index is 12.6. The van der Waals surface area contributed by atoms with Gasteiger partial charge in [-0.15, -0.1) is 0 Å². The highest BCUT2D eigenvalue weighted by atomic mass is 127. The highest BCUT2D eigenvalue weighted by Crippen LogP contribution is 2.31. The average Bonchev–Trinajstić information content (AvgIpc) is 2.50. The molecule has 2 aromatic rings. The molecular formula is C17H18INO3. The van der Waals surface area contributed by atoms with Crippen LogP contribution in [0, 0.1) is 17.4 Å². The van der Waals surface area contributed by atoms with E-state index in [0.717, 1.165) is 20.4 Å². The largest absolute Gasteiger partial charge is 0.493 e. The lowest BCUT2D eigenvalue weighted by Gasteiger charge is -2.13. The number of carbonyl (C=O) groups excluding carboxylic acids is 1. The molecule has 1 amide bonds. The van der Waals surface area contributed by atoms with Gasteiger partial charge in [0.15, 0.2) is 11.5 Å². The summed E-state index contributed by atoms with van der Waals surface area (Å²) in [6, 6.07) is 9.45. The van der Waals surface area contributed by atoms with E-state index in [0.29, 0.717) is 17.1 Å². The lowest BCUT2D eigenvalue weighted by atomic mass is 10.1. The molecule has 22 heavy (non-hydrogen) atoms. The fourth-order valence-corrected chi connectivity index (χ4v) is 2.77. The number of anilines is 1. The van der Waals surface area contributed by atoms with Crippen molar-refractivity contribution in [2.75, 3.05) is 19.5 Å². The number of carbonyl (C=O) groups is 1. The van der Waals surface area contributed by atoms with Gasteiger partial charge in [0.05, 0.1) is 19.8 Å². The summed E-state index contributed by atoms with van der Waals surface area (Å²) in [6.07, 6.45) is 0. The summed E-state index contributed by atoms with van der Waals surface area (Å²) < 4.78 is 11.3. The van der Waals surface area contributed by atoms with Crippen LogP contribution in [0.2, 0.25) is 0 Å². The molecule has 4 nitrogen and oxygen atoms in total. The van der Waals surface area contributed by atoms with Gasteiger partial charge in [-0.05, 0) is 65.8 Å². The molecule has 1 N–H and O–H groups in total. The van der Waals surface area contributed by atoms with Gasteiger partial charge in [0.25, 0.3) is 5.91 Å². The van der Waals surface area contributed by atoms with Crippen molar-refractivity contribution in [1.82, 2.24) is 0 Å². The van der Waals surface area contributed by atoms with E-state index >= 15 is 0 Å². The van der Waals surface area contributed by atoms with Crippen LogP contribution >= 0.6 is 22.6 Å². The van der Waals surface area contributed by atoms with E-state index in [-0.39, 0.29) is 5.91 Å². The van der Waals surface area contributed by atoms with Crippen molar-refractivity contribution in [3.8, 4) is 11.5 Å². The lowest BCUT2D eigenvalue weighted by molar-refractivity contribution is 0.102. The summed E-state index contributed by atoms with van der Waals surface area (Å²) in [5.41, 5.74) is 3.49. The summed E-state index contributed by atoms with van der Waals surface area (Å²) in [5.74, 6) is 0.975. The van der Waals surface area contributed by atoms with Crippen LogP contribution in [-0.4, -0.2) is 20.1 Å². The quantitative estimate of drug-likeness (QED) is 0.769. The number of nitrogens with one attached hydrogen (secondary N) is 1. The van der Waals surface area contributed by atoms with Crippen molar-refractivity contribution >= 4 is 34.2 Å². The van der Waals surface area contributed by atoms with Gasteiger partial charge < -0.3 is 14.8 Å². The predicted molar refractivity (Wildman–Crippen MR) is 96.1 cm³/mol. The van der Waals surface area contributed by atoms with Crippen LogP contribution in [0.15, 0.2) is 30.3 Å². The molecule has 0 atom stereocenters. The molecule has 5 heteroatoms. The Morgan fingerprint density at radius 3 is 2.32 bits per heavy atom. The average molecular weight is 411 g/mol. The first-order valence-electron chi connectivity index (χ1n) is 6.76. The molecule has 2 rings (SSSR count). The number of amides is 1. The molecule has 0 aliphatic carbocycles. The summed E-state index contributed by atoms with van der Waals surface area (Å²) in [6.45, 7) is 3.96. The number of hydrogen-bond acceptors (Lipinski definition) is 3. The Hall–Kier alpha value is -1.76. The van der Waals surface area contributed by atoms with E-state index in [9.17, 15) is 4.79 Å². The minimum Gasteiger partial charge on any atom is -0.493 e. The Kier molecular flexibility index (Phi) is 5.28. The van der Waals surface area contributed by atoms with E-state index in [1.54, 1.807) is 26.4 Å². The maximum Gasteiger partial charge on any atom is 0.256 e. The summed E-state index contributed by atoms with van der Waals surface area (Å²) in [4.78, 5) is 12.6. The molecule has 0 bridgehead atoms. The van der Waals surface area contributed by atoms with Crippen LogP contribution < -0.4 is 14.8 Å². The zero-order valence-electron chi connectivity index (χ0n) is 13.0. The first-order chi connectivity index (χ1) is 10.5. The first kappa shape index (κ1) is 16.6. The molecule has 0 fully saturated rings. The number of hydrogen-bond donors (Lipinski definition) is 1. The molecule has 0 spiro atoms. The highest BCUT2D eigenvalue weighted by Gasteiger charge is 2.16. The molecule has 0 saturated carbocycles. The third kappa shape index (κ3) is 3.52. The van der Waals surface area contributed by atoms with Crippen molar-refractivity contribution in [1.29, 1.82) is 0 Å². The second kappa shape index (κ2) is 7.00. The molecule has 0 aliphatic heterocycles. The molecule has 2 aromatic carbocycles. The van der Waals surface area contributed by atoms with Gasteiger partial charge in [-0.2, -0.15) is 0 Å². The Bertz CT molecular complexity index is 713. The van der Waals surface area contributed by atoms with Crippen molar-refractivity contribution < 1.29 is 14.3 Å². The molecular weight excluding hydrogens is 393 g/mol. The Balaban J connectivity index is 2.35. The summed E-state index contributed by atoms with van der Waals surface area (Å²) >= 11 is 2.12. The predicted octanol–water partition coefficient (Wildman–Crippen LogP) is 4.18. The van der Waals surface area contributed by atoms with Crippen molar-refractivity contribution in [3.63, 3.8) is 0 Å². The SMILES string of the molecule is COc1cc(I)c(C(=O)Nc2cc(C)ccc2C)cc1OC. The molecule has 0 saturated heterocycles. The van der Waals surface area contributed by atoms with Gasteiger partial charge in [-0.1, -0.05) is 12.1 Å². The Morgan fingerprint density at radius 2 is 1.68 bits per heavy atom. The Labute approximate surface area is 144 Å². The molecule has 0 unspecified atom stereocenters. The highest BCUT2D eigenvalue weighted by molar-refractivity contribution is 14.1. The van der Waals surface area contributed by atoms with Gasteiger partial charge >= 0.3 is 0 Å². The molecule has 0 aromatic heterocycles. The number of aryl methyl sites for hydroxylation is 2. The lowest BCUT2D eigenvalue weighted by Crippen LogP contribution is -2.14. The van der Waals surface area contributed by atoms with E-state index in [1.807, 2.05) is 32.0 Å². The van der Waals surface area contributed by atoms with E-state index < -0.39 is 0 Å². The minimum atomic E-state index is -0.168. The summed E-state index contributed by atoms with van der Waals surface area (Å²) in [7, 11) is 3.13. The van der Waals surface area contributed by atoms with Crippen LogP contribution in [0.5, 0.6) is 11.5 Å². The molecule has 116 valence electrons. The van der Waals surface area contributed by atoms with Crippen LogP contribution in [0.1, 0.15) is 21.5 Å². The second-order valence-electron chi connectivity index (χ2n) is 4.96. The number of rotatable bonds is 4. The number of halogens is 1. The number of ether oxygens (including phenoxy) is 2. The van der Waals surface area contributed by atoms with Crippen LogP contribution in [-0.2, 0) is 0 Å². The molecule has 0 heterocycles. The van der Waals surface area contributed by atoms with Crippen molar-refractivity contribution in [3.05, 3.63) is 50.6 Å². The monoisotopic (exact) mass is 411 g/mol. The maximum absolute atomic E-state index is 12.6. The molecule has 0 radical (unpaired) electrons. The second-order valence-corrected chi connectivity index (χ2v) is 6.12. The van der Waals surface area contributed by atoms with Crippen LogP contribution in [0.3, 0.4) is 0 Å². The third-order valence-electron chi connectivity index (χ3n) is 3.36. The van der Waals surface area contributed by atoms with Gasteiger partial charge in [0.1, 0.15) is 0 Å². The minimum absolute atomic E-state index is 0.168.